The van der Waals surface area contributed by atoms with Crippen molar-refractivity contribution < 1.29 is 4.79 Å². The maximum atomic E-state index is 13.0. The monoisotopic (exact) mass is 583 g/mol. The van der Waals surface area contributed by atoms with E-state index in [4.69, 9.17) is 0 Å². The molecule has 0 saturated carbocycles. The Labute approximate surface area is 265 Å². The van der Waals surface area contributed by atoms with E-state index in [2.05, 4.69) is 146 Å². The number of anilines is 3. The Bertz CT molecular complexity index is 2080. The van der Waals surface area contributed by atoms with Gasteiger partial charge in [0.2, 0.25) is 0 Å². The van der Waals surface area contributed by atoms with Crippen molar-refractivity contribution in [2.45, 2.75) is 27.2 Å². The van der Waals surface area contributed by atoms with Crippen molar-refractivity contribution >= 4 is 61.2 Å². The highest BCUT2D eigenvalue weighted by atomic mass is 16.1. The number of hydrogen-bond donors (Lipinski definition) is 0. The third-order valence-electron chi connectivity index (χ3n) is 8.14. The van der Waals surface area contributed by atoms with E-state index in [9.17, 15) is 4.79 Å². The fourth-order valence-corrected chi connectivity index (χ4v) is 5.82. The van der Waals surface area contributed by atoms with Gasteiger partial charge < -0.3 is 4.90 Å². The molecule has 0 heterocycles. The average Bonchev–Trinajstić information content (AvgIpc) is 3.07. The van der Waals surface area contributed by atoms with Gasteiger partial charge in [-0.1, -0.05) is 110 Å². The molecule has 0 spiro atoms. The van der Waals surface area contributed by atoms with Crippen LogP contribution in [0.2, 0.25) is 0 Å². The summed E-state index contributed by atoms with van der Waals surface area (Å²) in [6, 6.07) is 43.2. The first-order valence-electron chi connectivity index (χ1n) is 15.5. The van der Waals surface area contributed by atoms with Crippen molar-refractivity contribution in [1.29, 1.82) is 0 Å². The Morgan fingerprint density at radius 1 is 0.644 bits per heavy atom. The van der Waals surface area contributed by atoms with Crippen molar-refractivity contribution in [3.05, 3.63) is 168 Å². The van der Waals surface area contributed by atoms with Crippen molar-refractivity contribution in [3.8, 4) is 0 Å². The van der Waals surface area contributed by atoms with Gasteiger partial charge in [0.1, 0.15) is 0 Å². The standard InChI is InChI=1S/C43H37NO/c1-5-6-11-30(2)24-31(3)43(45)32(4)25-33-16-17-39-29-42(23-20-38(39)26-33)44(40-21-18-34-12-7-9-14-36(34)27-40)41-22-19-35-13-8-10-15-37(35)28-41/h6-29H,3,5H2,1-2,4H3/b11-6-,30-24-,32-25?. The van der Waals surface area contributed by atoms with Gasteiger partial charge in [0.25, 0.3) is 0 Å². The number of allylic oxidation sites excluding steroid dienone is 6. The van der Waals surface area contributed by atoms with Crippen LogP contribution in [0, 0.1) is 0 Å². The Morgan fingerprint density at radius 2 is 1.11 bits per heavy atom. The van der Waals surface area contributed by atoms with Crippen LogP contribution in [-0.2, 0) is 4.79 Å². The summed E-state index contributed by atoms with van der Waals surface area (Å²) >= 11 is 0. The van der Waals surface area contributed by atoms with Crippen molar-refractivity contribution in [3.63, 3.8) is 0 Å². The van der Waals surface area contributed by atoms with Crippen LogP contribution < -0.4 is 4.90 Å². The molecule has 6 aromatic rings. The van der Waals surface area contributed by atoms with Gasteiger partial charge in [-0.15, -0.1) is 0 Å². The molecule has 2 nitrogen and oxygen atoms in total. The lowest BCUT2D eigenvalue weighted by atomic mass is 9.99. The molecule has 0 radical (unpaired) electrons. The molecule has 0 aliphatic carbocycles. The summed E-state index contributed by atoms with van der Waals surface area (Å²) < 4.78 is 0. The molecule has 0 atom stereocenters. The molecular weight excluding hydrogens is 546 g/mol. The SMILES string of the molecule is C=C(/C=C(C)\C=C/CC)C(=O)C(C)=Cc1ccc2cc(N(c3ccc4ccccc4c3)c3ccc4ccccc4c3)ccc2c1. The lowest BCUT2D eigenvalue weighted by molar-refractivity contribution is -0.111. The molecular formula is C43H37NO. The van der Waals surface area contributed by atoms with E-state index in [1.165, 1.54) is 21.5 Å². The van der Waals surface area contributed by atoms with E-state index in [1.807, 2.05) is 32.1 Å². The number of carbonyl (C=O) groups excluding carboxylic acids is 1. The second-order valence-corrected chi connectivity index (χ2v) is 11.6. The van der Waals surface area contributed by atoms with E-state index < -0.39 is 0 Å². The number of benzene rings is 6. The van der Waals surface area contributed by atoms with Crippen LogP contribution in [0.5, 0.6) is 0 Å². The molecule has 0 aromatic heterocycles. The summed E-state index contributed by atoms with van der Waals surface area (Å²) in [4.78, 5) is 15.4. The Hall–Kier alpha value is -5.47. The summed E-state index contributed by atoms with van der Waals surface area (Å²) in [5.74, 6) is -0.0453. The van der Waals surface area contributed by atoms with Crippen LogP contribution in [-0.4, -0.2) is 5.78 Å². The number of hydrogen-bond acceptors (Lipinski definition) is 2. The lowest BCUT2D eigenvalue weighted by Gasteiger charge is -2.26. The Balaban J connectivity index is 1.36. The van der Waals surface area contributed by atoms with Gasteiger partial charge in [0.05, 0.1) is 0 Å². The number of carbonyl (C=O) groups is 1. The first-order chi connectivity index (χ1) is 21.9. The highest BCUT2D eigenvalue weighted by Gasteiger charge is 2.15. The largest absolute Gasteiger partial charge is 0.310 e. The third-order valence-corrected chi connectivity index (χ3v) is 8.14. The molecule has 0 bridgehead atoms. The zero-order valence-corrected chi connectivity index (χ0v) is 26.1. The van der Waals surface area contributed by atoms with Crippen LogP contribution in [0.4, 0.5) is 17.1 Å². The molecule has 0 aliphatic rings. The fourth-order valence-electron chi connectivity index (χ4n) is 5.82. The lowest BCUT2D eigenvalue weighted by Crippen LogP contribution is -2.10. The van der Waals surface area contributed by atoms with Gasteiger partial charge in [-0.3, -0.25) is 4.79 Å². The number of nitrogens with zero attached hydrogens (tertiary/aromatic N) is 1. The van der Waals surface area contributed by atoms with Crippen molar-refractivity contribution in [2.75, 3.05) is 4.90 Å². The minimum absolute atomic E-state index is 0.0453. The smallest absolute Gasteiger partial charge is 0.188 e. The molecule has 0 saturated heterocycles. The van der Waals surface area contributed by atoms with Crippen molar-refractivity contribution in [2.24, 2.45) is 0 Å². The van der Waals surface area contributed by atoms with E-state index in [-0.39, 0.29) is 5.78 Å². The van der Waals surface area contributed by atoms with Gasteiger partial charge in [-0.05, 0) is 118 Å². The topological polar surface area (TPSA) is 20.3 Å². The summed E-state index contributed by atoms with van der Waals surface area (Å²) in [6.07, 6.45) is 8.86. The Kier molecular flexibility index (Phi) is 8.57. The average molecular weight is 584 g/mol. The minimum Gasteiger partial charge on any atom is -0.310 e. The molecule has 0 fully saturated rings. The summed E-state index contributed by atoms with van der Waals surface area (Å²) in [7, 11) is 0. The fraction of sp³-hybridized carbons (Fsp3) is 0.0930. The van der Waals surface area contributed by atoms with Gasteiger partial charge in [-0.25, -0.2) is 0 Å². The maximum Gasteiger partial charge on any atom is 0.188 e. The molecule has 0 aliphatic heterocycles. The molecule has 0 unspecified atom stereocenters. The van der Waals surface area contributed by atoms with Gasteiger partial charge in [0, 0.05) is 22.6 Å². The molecule has 6 aromatic carbocycles. The van der Waals surface area contributed by atoms with Crippen LogP contribution in [0.3, 0.4) is 0 Å². The first-order valence-corrected chi connectivity index (χ1v) is 15.5. The molecule has 0 N–H and O–H groups in total. The predicted octanol–water partition coefficient (Wildman–Crippen LogP) is 12.1. The summed E-state index contributed by atoms with van der Waals surface area (Å²) in [5.41, 5.74) is 6.46. The normalized spacial score (nSPS) is 12.3. The number of fused-ring (bicyclic) bond motifs is 3. The van der Waals surface area contributed by atoms with Crippen LogP contribution in [0.15, 0.2) is 163 Å². The van der Waals surface area contributed by atoms with Crippen LogP contribution in [0.1, 0.15) is 32.8 Å². The van der Waals surface area contributed by atoms with Crippen LogP contribution in [0.25, 0.3) is 38.4 Å². The quantitative estimate of drug-likeness (QED) is 0.125. The summed E-state index contributed by atoms with van der Waals surface area (Å²) in [5, 5.41) is 7.09. The molecule has 2 heteroatoms. The van der Waals surface area contributed by atoms with Gasteiger partial charge >= 0.3 is 0 Å². The zero-order chi connectivity index (χ0) is 31.3. The molecule has 0 amide bonds. The zero-order valence-electron chi connectivity index (χ0n) is 26.1. The predicted molar refractivity (Wildman–Crippen MR) is 195 cm³/mol. The second-order valence-electron chi connectivity index (χ2n) is 11.6. The molecule has 45 heavy (non-hydrogen) atoms. The van der Waals surface area contributed by atoms with E-state index in [0.717, 1.165) is 45.4 Å². The number of Topliss-reactive ketones (excluding diaryl/α,β-unsaturated/α-hetero) is 1. The van der Waals surface area contributed by atoms with Gasteiger partial charge in [0.15, 0.2) is 5.78 Å². The summed E-state index contributed by atoms with van der Waals surface area (Å²) in [6.45, 7) is 9.96. The van der Waals surface area contributed by atoms with Crippen LogP contribution >= 0.6 is 0 Å². The van der Waals surface area contributed by atoms with E-state index >= 15 is 0 Å². The molecule has 6 rings (SSSR count). The van der Waals surface area contributed by atoms with Gasteiger partial charge in [-0.2, -0.15) is 0 Å². The van der Waals surface area contributed by atoms with E-state index in [0.29, 0.717) is 11.1 Å². The number of rotatable bonds is 9. The minimum atomic E-state index is -0.0453. The highest BCUT2D eigenvalue weighted by Crippen LogP contribution is 2.38. The Morgan fingerprint density at radius 3 is 1.67 bits per heavy atom. The molecule has 220 valence electrons. The highest BCUT2D eigenvalue weighted by molar-refractivity contribution is 6.12. The van der Waals surface area contributed by atoms with E-state index in [1.54, 1.807) is 0 Å². The maximum absolute atomic E-state index is 13.0. The third kappa shape index (κ3) is 6.56. The van der Waals surface area contributed by atoms with Crippen molar-refractivity contribution in [1.82, 2.24) is 0 Å². The first kappa shape index (κ1) is 29.6. The second kappa shape index (κ2) is 13.0. The number of ketones is 1.